The van der Waals surface area contributed by atoms with Gasteiger partial charge in [-0.25, -0.2) is 8.42 Å². The summed E-state index contributed by atoms with van der Waals surface area (Å²) >= 11 is 0. The summed E-state index contributed by atoms with van der Waals surface area (Å²) in [4.78, 5) is 0. The van der Waals surface area contributed by atoms with E-state index in [-0.39, 0.29) is 17.0 Å². The molecule has 1 atom stereocenters. The smallest absolute Gasteiger partial charge is 0.250 e. The highest BCUT2D eigenvalue weighted by Gasteiger charge is 2.25. The van der Waals surface area contributed by atoms with Crippen molar-refractivity contribution < 1.29 is 8.42 Å². The number of nitrogens with two attached hydrogens (primary N) is 1. The summed E-state index contributed by atoms with van der Waals surface area (Å²) in [6, 6.07) is 7.52. The second-order valence-electron chi connectivity index (χ2n) is 5.50. The van der Waals surface area contributed by atoms with Crippen LogP contribution >= 0.6 is 0 Å². The fraction of sp³-hybridized carbons (Fsp3) is 0.375. The Morgan fingerprint density at radius 3 is 2.52 bits per heavy atom. The first-order valence-corrected chi connectivity index (χ1v) is 9.12. The van der Waals surface area contributed by atoms with Crippen molar-refractivity contribution in [3.63, 3.8) is 0 Å². The van der Waals surface area contributed by atoms with E-state index in [1.807, 2.05) is 38.1 Å². The van der Waals surface area contributed by atoms with Crippen molar-refractivity contribution in [2.24, 2.45) is 5.73 Å². The second-order valence-corrected chi connectivity index (χ2v) is 7.43. The predicted molar refractivity (Wildman–Crippen MR) is 89.8 cm³/mol. The largest absolute Gasteiger partial charge is 0.321 e. The van der Waals surface area contributed by atoms with Crippen LogP contribution in [0.2, 0.25) is 0 Å². The van der Waals surface area contributed by atoms with Gasteiger partial charge in [-0.3, -0.25) is 4.57 Å². The van der Waals surface area contributed by atoms with Gasteiger partial charge in [0, 0.05) is 0 Å². The van der Waals surface area contributed by atoms with Gasteiger partial charge in [-0.1, -0.05) is 42.8 Å². The summed E-state index contributed by atoms with van der Waals surface area (Å²) < 4.78 is 26.4. The Bertz CT molecular complexity index is 779. The molecule has 0 bridgehead atoms. The van der Waals surface area contributed by atoms with Crippen LogP contribution in [-0.2, 0) is 16.4 Å². The molecule has 0 amide bonds. The summed E-state index contributed by atoms with van der Waals surface area (Å²) in [5.74, 6) is 0.302. The molecule has 1 aromatic heterocycles. The van der Waals surface area contributed by atoms with Crippen LogP contribution in [0.3, 0.4) is 0 Å². The zero-order chi connectivity index (χ0) is 17.0. The third-order valence-corrected chi connectivity index (χ3v) is 5.13. The maximum atomic E-state index is 12.4. The predicted octanol–water partition coefficient (Wildman–Crippen LogP) is 2.00. The molecule has 6 nitrogen and oxygen atoms in total. The molecule has 7 heteroatoms. The number of hydrogen-bond donors (Lipinski definition) is 1. The van der Waals surface area contributed by atoms with Crippen molar-refractivity contribution in [2.75, 3.05) is 5.75 Å². The number of nitrogens with zero attached hydrogens (tertiary/aromatic N) is 3. The molecule has 0 radical (unpaired) electrons. The Balaban J connectivity index is 2.50. The Morgan fingerprint density at radius 2 is 1.96 bits per heavy atom. The first kappa shape index (κ1) is 17.4. The molecular formula is C16H22N4O2S. The van der Waals surface area contributed by atoms with E-state index >= 15 is 0 Å². The van der Waals surface area contributed by atoms with E-state index in [1.54, 1.807) is 4.57 Å². The van der Waals surface area contributed by atoms with Crippen molar-refractivity contribution in [3.8, 4) is 0 Å². The van der Waals surface area contributed by atoms with Crippen LogP contribution in [0.25, 0.3) is 0 Å². The number of aromatic nitrogens is 3. The molecule has 1 unspecified atom stereocenters. The molecule has 2 aromatic rings. The lowest BCUT2D eigenvalue weighted by molar-refractivity contribution is 0.552. The molecule has 23 heavy (non-hydrogen) atoms. The summed E-state index contributed by atoms with van der Waals surface area (Å²) in [6.45, 7) is 7.78. The highest BCUT2D eigenvalue weighted by molar-refractivity contribution is 7.91. The molecule has 0 saturated heterocycles. The summed E-state index contributed by atoms with van der Waals surface area (Å²) in [5.41, 5.74) is 8.17. The molecule has 2 rings (SSSR count). The summed E-state index contributed by atoms with van der Waals surface area (Å²) in [7, 11) is -3.57. The van der Waals surface area contributed by atoms with E-state index in [4.69, 9.17) is 5.73 Å². The molecule has 124 valence electrons. The summed E-state index contributed by atoms with van der Waals surface area (Å²) in [5, 5.41) is 7.85. The van der Waals surface area contributed by atoms with E-state index < -0.39 is 9.84 Å². The number of benzene rings is 1. The molecule has 0 saturated carbocycles. The Morgan fingerprint density at radius 1 is 1.30 bits per heavy atom. The Kier molecular flexibility index (Phi) is 5.33. The number of hydrogen-bond acceptors (Lipinski definition) is 5. The van der Waals surface area contributed by atoms with Gasteiger partial charge >= 0.3 is 0 Å². The monoisotopic (exact) mass is 334 g/mol. The van der Waals surface area contributed by atoms with E-state index in [2.05, 4.69) is 16.8 Å². The van der Waals surface area contributed by atoms with Gasteiger partial charge < -0.3 is 5.73 Å². The van der Waals surface area contributed by atoms with Crippen molar-refractivity contribution in [1.29, 1.82) is 0 Å². The molecular weight excluding hydrogens is 312 g/mol. The van der Waals surface area contributed by atoms with Crippen LogP contribution in [-0.4, -0.2) is 28.9 Å². The van der Waals surface area contributed by atoms with Crippen LogP contribution in [0.15, 0.2) is 42.1 Å². The Labute approximate surface area is 137 Å². The zero-order valence-electron chi connectivity index (χ0n) is 13.4. The molecule has 0 fully saturated rings. The van der Waals surface area contributed by atoms with Gasteiger partial charge in [0.1, 0.15) is 0 Å². The van der Waals surface area contributed by atoms with Gasteiger partial charge in [-0.15, -0.1) is 16.8 Å². The highest BCUT2D eigenvalue weighted by Crippen LogP contribution is 2.19. The van der Waals surface area contributed by atoms with Crippen molar-refractivity contribution in [1.82, 2.24) is 14.8 Å². The quantitative estimate of drug-likeness (QED) is 0.782. The van der Waals surface area contributed by atoms with Gasteiger partial charge in [0.25, 0.3) is 0 Å². The van der Waals surface area contributed by atoms with Crippen LogP contribution in [0.5, 0.6) is 0 Å². The van der Waals surface area contributed by atoms with Gasteiger partial charge in [0.2, 0.25) is 15.0 Å². The minimum atomic E-state index is -3.57. The lowest BCUT2D eigenvalue weighted by Crippen LogP contribution is -2.20. The third kappa shape index (κ3) is 3.86. The fourth-order valence-corrected chi connectivity index (χ4v) is 3.36. The van der Waals surface area contributed by atoms with E-state index in [9.17, 15) is 8.42 Å². The van der Waals surface area contributed by atoms with Crippen molar-refractivity contribution >= 4 is 9.84 Å². The van der Waals surface area contributed by atoms with Crippen molar-refractivity contribution in [3.05, 3.63) is 53.9 Å². The maximum absolute atomic E-state index is 12.4. The first-order chi connectivity index (χ1) is 10.9. The fourth-order valence-electron chi connectivity index (χ4n) is 2.24. The van der Waals surface area contributed by atoms with Gasteiger partial charge in [0.05, 0.1) is 18.3 Å². The molecule has 1 aromatic carbocycles. The SMILES string of the molecule is C=CCS(=O)(=O)c1nnc(C(N)CC)n1Cc1ccc(C)cc1. The molecule has 1 heterocycles. The highest BCUT2D eigenvalue weighted by atomic mass is 32.2. The number of rotatable bonds is 7. The zero-order valence-corrected chi connectivity index (χ0v) is 14.3. The molecule has 0 aliphatic rings. The second kappa shape index (κ2) is 7.06. The van der Waals surface area contributed by atoms with Gasteiger partial charge in [-0.2, -0.15) is 0 Å². The average molecular weight is 334 g/mol. The topological polar surface area (TPSA) is 90.9 Å². The lowest BCUT2D eigenvalue weighted by atomic mass is 10.1. The maximum Gasteiger partial charge on any atom is 0.250 e. The van der Waals surface area contributed by atoms with E-state index in [0.717, 1.165) is 11.1 Å². The van der Waals surface area contributed by atoms with Crippen LogP contribution < -0.4 is 5.73 Å². The van der Waals surface area contributed by atoms with Crippen LogP contribution in [0, 0.1) is 6.92 Å². The minimum absolute atomic E-state index is 0.0584. The standard InChI is InChI=1S/C16H22N4O2S/c1-4-10-23(21,22)16-19-18-15(14(17)5-2)20(16)11-13-8-6-12(3)7-9-13/h4,6-9,14H,1,5,10-11,17H2,2-3H3. The van der Waals surface area contributed by atoms with Crippen LogP contribution in [0.4, 0.5) is 0 Å². The van der Waals surface area contributed by atoms with Crippen molar-refractivity contribution in [2.45, 2.75) is 38.0 Å². The molecule has 2 N–H and O–H groups in total. The third-order valence-electron chi connectivity index (χ3n) is 3.59. The minimum Gasteiger partial charge on any atom is -0.321 e. The van der Waals surface area contributed by atoms with E-state index in [0.29, 0.717) is 18.8 Å². The number of aryl methyl sites for hydroxylation is 1. The average Bonchev–Trinajstić information content (AvgIpc) is 2.93. The van der Waals surface area contributed by atoms with E-state index in [1.165, 1.54) is 6.08 Å². The normalized spacial score (nSPS) is 13.0. The molecule has 0 aliphatic carbocycles. The van der Waals surface area contributed by atoms with Gasteiger partial charge in [0.15, 0.2) is 5.82 Å². The van der Waals surface area contributed by atoms with Gasteiger partial charge in [-0.05, 0) is 18.9 Å². The summed E-state index contributed by atoms with van der Waals surface area (Å²) in [6.07, 6.45) is 1.99. The number of sulfone groups is 1. The molecule has 0 aliphatic heterocycles. The lowest BCUT2D eigenvalue weighted by Gasteiger charge is -2.14. The Hall–Kier alpha value is -1.99. The first-order valence-electron chi connectivity index (χ1n) is 7.47. The van der Waals surface area contributed by atoms with Crippen LogP contribution in [0.1, 0.15) is 36.3 Å². The molecule has 0 spiro atoms.